The molecular formula is C14H23NO2. The van der Waals surface area contributed by atoms with Gasteiger partial charge in [0.25, 0.3) is 0 Å². The van der Waals surface area contributed by atoms with E-state index >= 15 is 0 Å². The summed E-state index contributed by atoms with van der Waals surface area (Å²) in [5, 5.41) is 0. The molecule has 3 nitrogen and oxygen atoms in total. The molecule has 96 valence electrons. The van der Waals surface area contributed by atoms with Crippen LogP contribution in [0, 0.1) is 5.92 Å². The van der Waals surface area contributed by atoms with Gasteiger partial charge in [0, 0.05) is 12.3 Å². The third-order valence-electron chi connectivity index (χ3n) is 5.10. The Kier molecular flexibility index (Phi) is 2.51. The Morgan fingerprint density at radius 3 is 2.71 bits per heavy atom. The van der Waals surface area contributed by atoms with Crippen LogP contribution in [0.3, 0.4) is 0 Å². The Bertz CT molecular complexity index is 335. The minimum absolute atomic E-state index is 0.0517. The van der Waals surface area contributed by atoms with Crippen molar-refractivity contribution in [2.75, 3.05) is 6.61 Å². The fourth-order valence-corrected chi connectivity index (χ4v) is 4.18. The lowest BCUT2D eigenvalue weighted by Crippen LogP contribution is -2.54. The van der Waals surface area contributed by atoms with Gasteiger partial charge in [-0.15, -0.1) is 0 Å². The first kappa shape index (κ1) is 11.5. The first-order valence-electron chi connectivity index (χ1n) is 7.12. The Hall–Kier alpha value is -0.570. The summed E-state index contributed by atoms with van der Waals surface area (Å²) in [5.41, 5.74) is -0.204. The van der Waals surface area contributed by atoms with Gasteiger partial charge in [-0.2, -0.15) is 0 Å². The van der Waals surface area contributed by atoms with Gasteiger partial charge < -0.3 is 9.64 Å². The van der Waals surface area contributed by atoms with Crippen LogP contribution in [0.5, 0.6) is 0 Å². The summed E-state index contributed by atoms with van der Waals surface area (Å²) in [6, 6.07) is 0. The molecule has 17 heavy (non-hydrogen) atoms. The lowest BCUT2D eigenvalue weighted by Gasteiger charge is -2.42. The molecule has 2 atom stereocenters. The second-order valence-electron chi connectivity index (χ2n) is 6.15. The number of amides is 1. The molecule has 2 saturated heterocycles. The van der Waals surface area contributed by atoms with Crippen molar-refractivity contribution >= 4 is 5.91 Å². The third-order valence-corrected chi connectivity index (χ3v) is 5.10. The molecule has 0 aromatic carbocycles. The van der Waals surface area contributed by atoms with Crippen LogP contribution in [-0.4, -0.2) is 28.7 Å². The molecule has 0 aromatic rings. The molecule has 3 heteroatoms. The zero-order valence-corrected chi connectivity index (χ0v) is 11.0. The molecule has 2 heterocycles. The molecule has 3 fully saturated rings. The molecule has 3 aliphatic rings. The largest absolute Gasteiger partial charge is 0.353 e. The lowest BCUT2D eigenvalue weighted by atomic mass is 9.81. The summed E-state index contributed by atoms with van der Waals surface area (Å²) in [4.78, 5) is 14.6. The van der Waals surface area contributed by atoms with Gasteiger partial charge in [0.1, 0.15) is 5.72 Å². The van der Waals surface area contributed by atoms with Gasteiger partial charge in [-0.1, -0.05) is 33.1 Å². The first-order chi connectivity index (χ1) is 8.14. The SMILES string of the molecule is CC[C@]12C[C@@H](C)C(=O)N1C1(CCCCC1)CO2. The van der Waals surface area contributed by atoms with Crippen LogP contribution in [0.25, 0.3) is 0 Å². The number of carbonyl (C=O) groups excluding carboxylic acids is 1. The van der Waals surface area contributed by atoms with Crippen molar-refractivity contribution in [2.24, 2.45) is 5.92 Å². The van der Waals surface area contributed by atoms with Gasteiger partial charge in [0.2, 0.25) is 5.91 Å². The van der Waals surface area contributed by atoms with E-state index in [9.17, 15) is 4.79 Å². The minimum Gasteiger partial charge on any atom is -0.353 e. The monoisotopic (exact) mass is 237 g/mol. The average Bonchev–Trinajstić information content (AvgIpc) is 2.78. The maximum absolute atomic E-state index is 12.5. The molecule has 1 amide bonds. The number of rotatable bonds is 1. The van der Waals surface area contributed by atoms with Crippen LogP contribution >= 0.6 is 0 Å². The molecule has 1 saturated carbocycles. The highest BCUT2D eigenvalue weighted by molar-refractivity contribution is 5.83. The molecular weight excluding hydrogens is 214 g/mol. The minimum atomic E-state index is -0.256. The number of hydrogen-bond donors (Lipinski definition) is 0. The van der Waals surface area contributed by atoms with E-state index in [4.69, 9.17) is 4.74 Å². The number of fused-ring (bicyclic) bond motifs is 2. The van der Waals surface area contributed by atoms with Gasteiger partial charge in [-0.3, -0.25) is 4.79 Å². The standard InChI is InChI=1S/C14H23NO2/c1-3-14-9-11(2)12(16)15(14)13(10-17-14)7-5-4-6-8-13/h11H,3-10H2,1-2H3/t11-,14+/m1/s1. The van der Waals surface area contributed by atoms with Gasteiger partial charge in [-0.25, -0.2) is 0 Å². The van der Waals surface area contributed by atoms with Crippen LogP contribution < -0.4 is 0 Å². The van der Waals surface area contributed by atoms with E-state index in [-0.39, 0.29) is 17.2 Å². The molecule has 0 bridgehead atoms. The van der Waals surface area contributed by atoms with Crippen LogP contribution in [0.15, 0.2) is 0 Å². The van der Waals surface area contributed by atoms with Gasteiger partial charge >= 0.3 is 0 Å². The lowest BCUT2D eigenvalue weighted by molar-refractivity contribution is -0.144. The quantitative estimate of drug-likeness (QED) is 0.701. The number of ether oxygens (including phenoxy) is 1. The summed E-state index contributed by atoms with van der Waals surface area (Å²) in [6.07, 6.45) is 7.94. The van der Waals surface area contributed by atoms with Gasteiger partial charge in [0.15, 0.2) is 0 Å². The topological polar surface area (TPSA) is 29.5 Å². The molecule has 1 spiro atoms. The molecule has 0 radical (unpaired) electrons. The Morgan fingerprint density at radius 2 is 2.06 bits per heavy atom. The Balaban J connectivity index is 1.97. The highest BCUT2D eigenvalue weighted by Gasteiger charge is 2.62. The van der Waals surface area contributed by atoms with E-state index in [0.29, 0.717) is 5.91 Å². The molecule has 0 N–H and O–H groups in total. The van der Waals surface area contributed by atoms with Crippen molar-refractivity contribution < 1.29 is 9.53 Å². The summed E-state index contributed by atoms with van der Waals surface area (Å²) in [7, 11) is 0. The van der Waals surface area contributed by atoms with Crippen LogP contribution in [-0.2, 0) is 9.53 Å². The second kappa shape index (κ2) is 3.71. The van der Waals surface area contributed by atoms with E-state index in [2.05, 4.69) is 18.7 Å². The van der Waals surface area contributed by atoms with Crippen LogP contribution in [0.1, 0.15) is 58.8 Å². The Labute approximate surface area is 104 Å². The van der Waals surface area contributed by atoms with E-state index in [0.717, 1.165) is 32.3 Å². The van der Waals surface area contributed by atoms with Crippen LogP contribution in [0.2, 0.25) is 0 Å². The van der Waals surface area contributed by atoms with Crippen molar-refractivity contribution in [1.82, 2.24) is 4.90 Å². The van der Waals surface area contributed by atoms with E-state index in [1.165, 1.54) is 19.3 Å². The average molecular weight is 237 g/mol. The van der Waals surface area contributed by atoms with Crippen molar-refractivity contribution in [3.63, 3.8) is 0 Å². The molecule has 3 rings (SSSR count). The van der Waals surface area contributed by atoms with E-state index < -0.39 is 0 Å². The molecule has 0 aromatic heterocycles. The fraction of sp³-hybridized carbons (Fsp3) is 0.929. The fourth-order valence-electron chi connectivity index (χ4n) is 4.18. The van der Waals surface area contributed by atoms with Crippen LogP contribution in [0.4, 0.5) is 0 Å². The van der Waals surface area contributed by atoms with Crippen molar-refractivity contribution in [2.45, 2.75) is 70.1 Å². The number of nitrogens with zero attached hydrogens (tertiary/aromatic N) is 1. The smallest absolute Gasteiger partial charge is 0.228 e. The normalized spacial score (nSPS) is 40.0. The Morgan fingerprint density at radius 1 is 1.35 bits per heavy atom. The zero-order chi connectivity index (χ0) is 12.1. The number of carbonyl (C=O) groups is 1. The maximum Gasteiger partial charge on any atom is 0.228 e. The summed E-state index contributed by atoms with van der Waals surface area (Å²) in [6.45, 7) is 4.98. The molecule has 2 aliphatic heterocycles. The maximum atomic E-state index is 12.5. The van der Waals surface area contributed by atoms with Crippen molar-refractivity contribution in [1.29, 1.82) is 0 Å². The van der Waals surface area contributed by atoms with E-state index in [1.807, 2.05) is 0 Å². The number of hydrogen-bond acceptors (Lipinski definition) is 2. The molecule has 1 aliphatic carbocycles. The summed E-state index contributed by atoms with van der Waals surface area (Å²) in [5.74, 6) is 0.486. The zero-order valence-electron chi connectivity index (χ0n) is 11.0. The second-order valence-corrected chi connectivity index (χ2v) is 6.15. The molecule has 0 unspecified atom stereocenters. The predicted octanol–water partition coefficient (Wildman–Crippen LogP) is 2.69. The highest BCUT2D eigenvalue weighted by atomic mass is 16.5. The first-order valence-corrected chi connectivity index (χ1v) is 7.12. The predicted molar refractivity (Wildman–Crippen MR) is 65.4 cm³/mol. The van der Waals surface area contributed by atoms with Gasteiger partial charge in [0.05, 0.1) is 12.1 Å². The van der Waals surface area contributed by atoms with Crippen molar-refractivity contribution in [3.8, 4) is 0 Å². The van der Waals surface area contributed by atoms with Crippen molar-refractivity contribution in [3.05, 3.63) is 0 Å². The summed E-state index contributed by atoms with van der Waals surface area (Å²) >= 11 is 0. The summed E-state index contributed by atoms with van der Waals surface area (Å²) < 4.78 is 6.15. The van der Waals surface area contributed by atoms with E-state index in [1.54, 1.807) is 0 Å². The third kappa shape index (κ3) is 1.41. The highest BCUT2D eigenvalue weighted by Crippen LogP contribution is 2.52. The van der Waals surface area contributed by atoms with Gasteiger partial charge in [-0.05, 0) is 19.3 Å².